The molecule has 23 heavy (non-hydrogen) atoms. The summed E-state index contributed by atoms with van der Waals surface area (Å²) in [5.41, 5.74) is 1.46. The number of carbonyl (C=O) groups excluding carboxylic acids is 1. The number of rotatable bonds is 3. The summed E-state index contributed by atoms with van der Waals surface area (Å²) < 4.78 is 28.4. The van der Waals surface area contributed by atoms with E-state index < -0.39 is 11.6 Å². The third-order valence-corrected chi connectivity index (χ3v) is 4.26. The Kier molecular flexibility index (Phi) is 4.28. The predicted molar refractivity (Wildman–Crippen MR) is 87.0 cm³/mol. The molecule has 7 heteroatoms. The quantitative estimate of drug-likeness (QED) is 0.580. The van der Waals surface area contributed by atoms with Crippen LogP contribution in [0.3, 0.4) is 0 Å². The molecule has 1 aromatic heterocycles. The van der Waals surface area contributed by atoms with Gasteiger partial charge in [-0.15, -0.1) is 0 Å². The van der Waals surface area contributed by atoms with Crippen molar-refractivity contribution in [2.24, 2.45) is 0 Å². The molecule has 3 aromatic rings. The number of aldehydes is 1. The average Bonchev–Trinajstić information content (AvgIpc) is 2.87. The van der Waals surface area contributed by atoms with E-state index in [0.29, 0.717) is 27.2 Å². The number of hydrogen-bond donors (Lipinski definition) is 0. The van der Waals surface area contributed by atoms with Gasteiger partial charge in [-0.05, 0) is 58.4 Å². The Labute approximate surface area is 143 Å². The van der Waals surface area contributed by atoms with E-state index in [1.807, 2.05) is 0 Å². The lowest BCUT2D eigenvalue weighted by Crippen LogP contribution is -1.96. The first-order chi connectivity index (χ1) is 11.0. The summed E-state index contributed by atoms with van der Waals surface area (Å²) in [7, 11) is 0. The topological polar surface area (TPSA) is 34.9 Å². The van der Waals surface area contributed by atoms with E-state index in [2.05, 4.69) is 21.0 Å². The summed E-state index contributed by atoms with van der Waals surface area (Å²) in [5, 5.41) is 4.89. The number of nitrogens with zero attached hydrogens (tertiary/aromatic N) is 2. The summed E-state index contributed by atoms with van der Waals surface area (Å²) >= 11 is 9.17. The molecule has 0 aliphatic rings. The van der Waals surface area contributed by atoms with E-state index >= 15 is 0 Å². The van der Waals surface area contributed by atoms with Crippen LogP contribution in [0.1, 0.15) is 10.4 Å². The highest BCUT2D eigenvalue weighted by Gasteiger charge is 2.19. The molecule has 0 saturated heterocycles. The van der Waals surface area contributed by atoms with Crippen LogP contribution in [0.4, 0.5) is 8.78 Å². The minimum Gasteiger partial charge on any atom is -0.298 e. The fourth-order valence-corrected chi connectivity index (χ4v) is 2.82. The molecule has 0 radical (unpaired) electrons. The average molecular weight is 398 g/mol. The van der Waals surface area contributed by atoms with Gasteiger partial charge in [0.05, 0.1) is 11.3 Å². The highest BCUT2D eigenvalue weighted by molar-refractivity contribution is 9.10. The van der Waals surface area contributed by atoms with E-state index in [-0.39, 0.29) is 11.3 Å². The third-order valence-electron chi connectivity index (χ3n) is 3.25. The van der Waals surface area contributed by atoms with E-state index in [9.17, 15) is 13.6 Å². The van der Waals surface area contributed by atoms with E-state index in [4.69, 9.17) is 11.6 Å². The fourth-order valence-electron chi connectivity index (χ4n) is 2.12. The van der Waals surface area contributed by atoms with Gasteiger partial charge in [0.25, 0.3) is 0 Å². The van der Waals surface area contributed by atoms with Gasteiger partial charge in [-0.3, -0.25) is 4.79 Å². The zero-order chi connectivity index (χ0) is 16.6. The first-order valence-electron chi connectivity index (χ1n) is 6.46. The predicted octanol–water partition coefficient (Wildman–Crippen LogP) is 5.05. The molecule has 3 nitrogen and oxygen atoms in total. The first kappa shape index (κ1) is 15.8. The summed E-state index contributed by atoms with van der Waals surface area (Å²) in [6.07, 6.45) is 0.611. The van der Waals surface area contributed by atoms with Gasteiger partial charge in [-0.2, -0.15) is 5.10 Å². The second kappa shape index (κ2) is 6.22. The number of halogens is 4. The van der Waals surface area contributed by atoms with Crippen molar-refractivity contribution in [1.29, 1.82) is 0 Å². The van der Waals surface area contributed by atoms with Crippen LogP contribution in [-0.4, -0.2) is 16.1 Å². The van der Waals surface area contributed by atoms with E-state index in [1.54, 1.807) is 24.3 Å². The molecule has 0 amide bonds. The molecule has 116 valence electrons. The molecule has 2 aromatic carbocycles. The lowest BCUT2D eigenvalue weighted by Gasteiger charge is -2.03. The molecule has 0 atom stereocenters. The van der Waals surface area contributed by atoms with Crippen LogP contribution < -0.4 is 0 Å². The molecule has 0 N–H and O–H groups in total. The Morgan fingerprint density at radius 1 is 1.09 bits per heavy atom. The zero-order valence-corrected chi connectivity index (χ0v) is 13.8. The van der Waals surface area contributed by atoms with E-state index in [1.165, 1.54) is 10.7 Å². The molecule has 0 spiro atoms. The van der Waals surface area contributed by atoms with Crippen LogP contribution in [0, 0.1) is 11.6 Å². The Balaban J connectivity index is 2.18. The molecule has 0 fully saturated rings. The van der Waals surface area contributed by atoms with Gasteiger partial charge in [-0.25, -0.2) is 13.5 Å². The van der Waals surface area contributed by atoms with Crippen molar-refractivity contribution in [2.45, 2.75) is 0 Å². The minimum absolute atomic E-state index is 0.242. The number of benzene rings is 2. The number of aromatic nitrogens is 2. The molecule has 0 saturated carbocycles. The summed E-state index contributed by atoms with van der Waals surface area (Å²) in [4.78, 5) is 11.4. The van der Waals surface area contributed by atoms with Crippen LogP contribution in [0.15, 0.2) is 47.1 Å². The second-order valence-corrected chi connectivity index (χ2v) is 5.88. The fraction of sp³-hybridized carbons (Fsp3) is 0. The maximum absolute atomic E-state index is 13.5. The van der Waals surface area contributed by atoms with Crippen LogP contribution in [0.2, 0.25) is 5.02 Å². The van der Waals surface area contributed by atoms with Crippen molar-refractivity contribution in [3.8, 4) is 16.9 Å². The highest BCUT2D eigenvalue weighted by Crippen LogP contribution is 2.30. The van der Waals surface area contributed by atoms with Gasteiger partial charge in [0.1, 0.15) is 10.3 Å². The van der Waals surface area contributed by atoms with Crippen molar-refractivity contribution in [2.75, 3.05) is 0 Å². The highest BCUT2D eigenvalue weighted by atomic mass is 79.9. The van der Waals surface area contributed by atoms with Gasteiger partial charge in [0.2, 0.25) is 0 Å². The van der Waals surface area contributed by atoms with Gasteiger partial charge >= 0.3 is 0 Å². The lowest BCUT2D eigenvalue weighted by molar-refractivity contribution is 0.112. The standard InChI is InChI=1S/C16H8BrClF2N2O/c17-16-12(8-23)15(9-1-6-13(19)14(20)7-9)21-22(16)11-4-2-10(18)3-5-11/h1-8H. The molecule has 1 heterocycles. The minimum atomic E-state index is -1.00. The first-order valence-corrected chi connectivity index (χ1v) is 7.63. The smallest absolute Gasteiger partial charge is 0.159 e. The van der Waals surface area contributed by atoms with Crippen molar-refractivity contribution in [3.63, 3.8) is 0 Å². The zero-order valence-electron chi connectivity index (χ0n) is 11.4. The molecule has 3 rings (SSSR count). The molecule has 0 aliphatic carbocycles. The Hall–Kier alpha value is -2.05. The monoisotopic (exact) mass is 396 g/mol. The normalized spacial score (nSPS) is 10.8. The molecule has 0 aliphatic heterocycles. The molecular formula is C16H8BrClF2N2O. The maximum Gasteiger partial charge on any atom is 0.159 e. The van der Waals surface area contributed by atoms with Gasteiger partial charge in [0, 0.05) is 10.6 Å². The molecule has 0 bridgehead atoms. The number of hydrogen-bond acceptors (Lipinski definition) is 2. The van der Waals surface area contributed by atoms with Crippen LogP contribution >= 0.6 is 27.5 Å². The number of carbonyl (C=O) groups is 1. The Bertz CT molecular complexity index is 894. The van der Waals surface area contributed by atoms with Crippen LogP contribution in [0.5, 0.6) is 0 Å². The Morgan fingerprint density at radius 2 is 1.78 bits per heavy atom. The summed E-state index contributed by atoms with van der Waals surface area (Å²) in [6.45, 7) is 0. The third kappa shape index (κ3) is 2.92. The van der Waals surface area contributed by atoms with Crippen molar-refractivity contribution in [3.05, 3.63) is 69.3 Å². The SMILES string of the molecule is O=Cc1c(-c2ccc(F)c(F)c2)nn(-c2ccc(Cl)cc2)c1Br. The van der Waals surface area contributed by atoms with Crippen molar-refractivity contribution < 1.29 is 13.6 Å². The Morgan fingerprint density at radius 3 is 2.39 bits per heavy atom. The van der Waals surface area contributed by atoms with Crippen LogP contribution in [-0.2, 0) is 0 Å². The molecule has 0 unspecified atom stereocenters. The maximum atomic E-state index is 13.5. The largest absolute Gasteiger partial charge is 0.298 e. The molecular weight excluding hydrogens is 390 g/mol. The lowest BCUT2D eigenvalue weighted by atomic mass is 10.1. The summed E-state index contributed by atoms with van der Waals surface area (Å²) in [6, 6.07) is 10.2. The van der Waals surface area contributed by atoms with Gasteiger partial charge < -0.3 is 0 Å². The van der Waals surface area contributed by atoms with Gasteiger partial charge in [0.15, 0.2) is 17.9 Å². The van der Waals surface area contributed by atoms with Crippen LogP contribution in [0.25, 0.3) is 16.9 Å². The second-order valence-electron chi connectivity index (χ2n) is 4.69. The van der Waals surface area contributed by atoms with Gasteiger partial charge in [-0.1, -0.05) is 11.6 Å². The van der Waals surface area contributed by atoms with E-state index in [0.717, 1.165) is 12.1 Å². The summed E-state index contributed by atoms with van der Waals surface area (Å²) in [5.74, 6) is -1.96. The van der Waals surface area contributed by atoms with Crippen molar-refractivity contribution >= 4 is 33.8 Å². The van der Waals surface area contributed by atoms with Crippen molar-refractivity contribution in [1.82, 2.24) is 9.78 Å².